The standard InChI is InChI=1S/C19H20F3N3O5S/c1-2-30-14-7-5-12(11-15(14)31(28,29)25-9-3-4-10-25)23-17(26)13-6-8-16(19(20,21)22)24-18(13)27/h5-8,11H,2-4,9-10H2,1H3,(H,23,26)(H,24,27). The number of hydrogen-bond donors (Lipinski definition) is 2. The van der Waals surface area contributed by atoms with Crippen molar-refractivity contribution < 1.29 is 31.1 Å². The van der Waals surface area contributed by atoms with Crippen molar-refractivity contribution in [3.63, 3.8) is 0 Å². The fourth-order valence-electron chi connectivity index (χ4n) is 3.15. The first-order valence-electron chi connectivity index (χ1n) is 9.43. The van der Waals surface area contributed by atoms with Crippen molar-refractivity contribution in [2.45, 2.75) is 30.8 Å². The minimum atomic E-state index is -4.76. The number of aromatic amines is 1. The number of carbonyl (C=O) groups excluding carboxylic acids is 1. The lowest BCUT2D eigenvalue weighted by Gasteiger charge is -2.19. The van der Waals surface area contributed by atoms with Gasteiger partial charge < -0.3 is 15.0 Å². The molecule has 1 fully saturated rings. The number of halogens is 3. The van der Waals surface area contributed by atoms with Crippen LogP contribution in [0.2, 0.25) is 0 Å². The third kappa shape index (κ3) is 4.90. The largest absolute Gasteiger partial charge is 0.492 e. The third-order valence-corrected chi connectivity index (χ3v) is 6.56. The molecule has 0 spiro atoms. The molecule has 0 saturated carbocycles. The lowest BCUT2D eigenvalue weighted by atomic mass is 10.2. The third-order valence-electron chi connectivity index (χ3n) is 4.64. The predicted octanol–water partition coefficient (Wildman–Crippen LogP) is 2.83. The number of anilines is 1. The highest BCUT2D eigenvalue weighted by Crippen LogP contribution is 2.32. The molecular weight excluding hydrogens is 439 g/mol. The molecule has 2 N–H and O–H groups in total. The number of carbonyl (C=O) groups is 1. The van der Waals surface area contributed by atoms with Crippen molar-refractivity contribution in [1.29, 1.82) is 0 Å². The Kier molecular flexibility index (Phi) is 6.41. The number of nitrogens with zero attached hydrogens (tertiary/aromatic N) is 1. The fraction of sp³-hybridized carbons (Fsp3) is 0.368. The lowest BCUT2D eigenvalue weighted by Crippen LogP contribution is -2.28. The molecule has 31 heavy (non-hydrogen) atoms. The molecule has 1 amide bonds. The molecule has 1 saturated heterocycles. The maximum absolute atomic E-state index is 13.0. The number of sulfonamides is 1. The van der Waals surface area contributed by atoms with Crippen LogP contribution in [-0.4, -0.2) is 43.3 Å². The quantitative estimate of drug-likeness (QED) is 0.691. The van der Waals surface area contributed by atoms with E-state index in [1.807, 2.05) is 0 Å². The molecule has 0 atom stereocenters. The Balaban J connectivity index is 1.92. The van der Waals surface area contributed by atoms with Gasteiger partial charge in [0.15, 0.2) is 0 Å². The number of amides is 1. The number of alkyl halides is 3. The zero-order valence-corrected chi connectivity index (χ0v) is 17.3. The highest BCUT2D eigenvalue weighted by molar-refractivity contribution is 7.89. The van der Waals surface area contributed by atoms with E-state index in [-0.39, 0.29) is 22.9 Å². The smallest absolute Gasteiger partial charge is 0.431 e. The molecule has 2 aromatic rings. The average Bonchev–Trinajstić information content (AvgIpc) is 3.24. The van der Waals surface area contributed by atoms with Crippen molar-refractivity contribution in [1.82, 2.24) is 9.29 Å². The van der Waals surface area contributed by atoms with Gasteiger partial charge in [-0.15, -0.1) is 0 Å². The van der Waals surface area contributed by atoms with Crippen LogP contribution in [0.4, 0.5) is 18.9 Å². The van der Waals surface area contributed by atoms with Gasteiger partial charge in [-0.2, -0.15) is 17.5 Å². The Labute approximate surface area is 176 Å². The van der Waals surface area contributed by atoms with E-state index in [0.29, 0.717) is 19.2 Å². The summed E-state index contributed by atoms with van der Waals surface area (Å²) in [7, 11) is -3.88. The van der Waals surface area contributed by atoms with Crippen LogP contribution in [0.1, 0.15) is 35.8 Å². The van der Waals surface area contributed by atoms with Crippen molar-refractivity contribution in [3.8, 4) is 5.75 Å². The van der Waals surface area contributed by atoms with E-state index < -0.39 is 38.9 Å². The summed E-state index contributed by atoms with van der Waals surface area (Å²) in [5.41, 5.74) is -3.01. The highest BCUT2D eigenvalue weighted by atomic mass is 32.2. The van der Waals surface area contributed by atoms with E-state index in [2.05, 4.69) is 5.32 Å². The second-order valence-electron chi connectivity index (χ2n) is 6.77. The zero-order chi connectivity index (χ0) is 22.8. The van der Waals surface area contributed by atoms with Crippen LogP contribution in [0.5, 0.6) is 5.75 Å². The molecule has 1 aromatic heterocycles. The molecule has 0 radical (unpaired) electrons. The summed E-state index contributed by atoms with van der Waals surface area (Å²) in [5.74, 6) is -0.872. The summed E-state index contributed by atoms with van der Waals surface area (Å²) in [4.78, 5) is 25.8. The van der Waals surface area contributed by atoms with Crippen LogP contribution in [0.25, 0.3) is 0 Å². The molecule has 2 heterocycles. The maximum atomic E-state index is 13.0. The molecule has 0 bridgehead atoms. The molecule has 8 nitrogen and oxygen atoms in total. The minimum absolute atomic E-state index is 0.0468. The van der Waals surface area contributed by atoms with Crippen LogP contribution in [-0.2, 0) is 16.2 Å². The molecular formula is C19H20F3N3O5S. The Morgan fingerprint density at radius 1 is 1.19 bits per heavy atom. The SMILES string of the molecule is CCOc1ccc(NC(=O)c2ccc(C(F)(F)F)[nH]c2=O)cc1S(=O)(=O)N1CCCC1. The van der Waals surface area contributed by atoms with E-state index in [1.54, 1.807) is 11.9 Å². The topological polar surface area (TPSA) is 109 Å². The van der Waals surface area contributed by atoms with Crippen LogP contribution < -0.4 is 15.6 Å². The Morgan fingerprint density at radius 3 is 2.45 bits per heavy atom. The van der Waals surface area contributed by atoms with Gasteiger partial charge in [0.05, 0.1) is 6.61 Å². The summed E-state index contributed by atoms with van der Waals surface area (Å²) in [5, 5.41) is 2.35. The van der Waals surface area contributed by atoms with E-state index in [4.69, 9.17) is 4.74 Å². The van der Waals surface area contributed by atoms with Crippen molar-refractivity contribution in [3.05, 3.63) is 51.9 Å². The van der Waals surface area contributed by atoms with Crippen LogP contribution in [0.3, 0.4) is 0 Å². The van der Waals surface area contributed by atoms with Crippen molar-refractivity contribution in [2.24, 2.45) is 0 Å². The summed E-state index contributed by atoms with van der Waals surface area (Å²) in [6, 6.07) is 5.29. The van der Waals surface area contributed by atoms with Gasteiger partial charge in [-0.1, -0.05) is 0 Å². The number of pyridine rings is 1. The molecule has 12 heteroatoms. The van der Waals surface area contributed by atoms with Crippen LogP contribution in [0, 0.1) is 0 Å². The van der Waals surface area contributed by atoms with E-state index >= 15 is 0 Å². The van der Waals surface area contributed by atoms with E-state index in [0.717, 1.165) is 18.9 Å². The maximum Gasteiger partial charge on any atom is 0.431 e. The summed E-state index contributed by atoms with van der Waals surface area (Å²) >= 11 is 0. The first kappa shape index (κ1) is 22.8. The van der Waals surface area contributed by atoms with Crippen LogP contribution >= 0.6 is 0 Å². The van der Waals surface area contributed by atoms with Crippen LogP contribution in [0.15, 0.2) is 40.0 Å². The number of benzene rings is 1. The first-order chi connectivity index (χ1) is 14.5. The van der Waals surface area contributed by atoms with Gasteiger partial charge in [0.2, 0.25) is 10.0 Å². The number of hydrogen-bond acceptors (Lipinski definition) is 5. The minimum Gasteiger partial charge on any atom is -0.492 e. The monoisotopic (exact) mass is 459 g/mol. The normalized spacial score (nSPS) is 15.1. The second-order valence-corrected chi connectivity index (χ2v) is 8.68. The molecule has 1 aliphatic heterocycles. The molecule has 1 aliphatic rings. The predicted molar refractivity (Wildman–Crippen MR) is 106 cm³/mol. The lowest BCUT2D eigenvalue weighted by molar-refractivity contribution is -0.141. The highest BCUT2D eigenvalue weighted by Gasteiger charge is 2.33. The number of aromatic nitrogens is 1. The van der Waals surface area contributed by atoms with Gasteiger partial charge in [0, 0.05) is 18.8 Å². The first-order valence-corrected chi connectivity index (χ1v) is 10.9. The number of rotatable bonds is 6. The Hall–Kier alpha value is -2.86. The summed E-state index contributed by atoms with van der Waals surface area (Å²) < 4.78 is 70.8. The molecule has 0 aliphatic carbocycles. The van der Waals surface area contributed by atoms with Gasteiger partial charge in [-0.25, -0.2) is 8.42 Å². The van der Waals surface area contributed by atoms with Gasteiger partial charge in [-0.3, -0.25) is 9.59 Å². The van der Waals surface area contributed by atoms with Crippen molar-refractivity contribution >= 4 is 21.6 Å². The van der Waals surface area contributed by atoms with Gasteiger partial charge in [-0.05, 0) is 50.1 Å². The number of ether oxygens (including phenoxy) is 1. The second kappa shape index (κ2) is 8.71. The Morgan fingerprint density at radius 2 is 1.87 bits per heavy atom. The van der Waals surface area contributed by atoms with E-state index in [9.17, 15) is 31.2 Å². The summed E-state index contributed by atoms with van der Waals surface area (Å²) in [6.07, 6.45) is -3.30. The summed E-state index contributed by atoms with van der Waals surface area (Å²) in [6.45, 7) is 2.64. The number of H-pyrrole nitrogens is 1. The van der Waals surface area contributed by atoms with Gasteiger partial charge in [0.25, 0.3) is 11.5 Å². The zero-order valence-electron chi connectivity index (χ0n) is 16.5. The molecule has 3 rings (SSSR count). The fourth-order valence-corrected chi connectivity index (χ4v) is 4.82. The molecule has 168 valence electrons. The Bertz CT molecular complexity index is 1140. The molecule has 0 unspecified atom stereocenters. The molecule has 1 aromatic carbocycles. The van der Waals surface area contributed by atoms with Crippen molar-refractivity contribution in [2.75, 3.05) is 25.0 Å². The average molecular weight is 459 g/mol. The van der Waals surface area contributed by atoms with Gasteiger partial charge >= 0.3 is 6.18 Å². The number of nitrogens with one attached hydrogen (secondary N) is 2. The van der Waals surface area contributed by atoms with E-state index in [1.165, 1.54) is 22.5 Å². The van der Waals surface area contributed by atoms with Gasteiger partial charge in [0.1, 0.15) is 21.9 Å².